The van der Waals surface area contributed by atoms with Crippen LogP contribution in [0.5, 0.6) is 0 Å². The molecule has 0 aliphatic carbocycles. The second-order valence-corrected chi connectivity index (χ2v) is 6.06. The molecule has 0 spiro atoms. The van der Waals surface area contributed by atoms with Crippen LogP contribution in [-0.4, -0.2) is 45.8 Å². The third kappa shape index (κ3) is 2.59. The van der Waals surface area contributed by atoms with Gasteiger partial charge in [0.2, 0.25) is 0 Å². The lowest BCUT2D eigenvalue weighted by Crippen LogP contribution is -2.47. The summed E-state index contributed by atoms with van der Waals surface area (Å²) >= 11 is 6.25. The van der Waals surface area contributed by atoms with E-state index in [9.17, 15) is 0 Å². The predicted octanol–water partition coefficient (Wildman–Crippen LogP) is 2.41. The molecule has 1 saturated heterocycles. The zero-order valence-corrected chi connectivity index (χ0v) is 13.6. The zero-order valence-electron chi connectivity index (χ0n) is 12.9. The fourth-order valence-corrected chi connectivity index (χ4v) is 3.26. The Balaban J connectivity index is 1.56. The molecule has 0 saturated carbocycles. The molecule has 4 heterocycles. The summed E-state index contributed by atoms with van der Waals surface area (Å²) in [7, 11) is 0. The van der Waals surface area contributed by atoms with E-state index in [0.717, 1.165) is 49.0 Å². The Bertz CT molecular complexity index is 837. The Kier molecular flexibility index (Phi) is 3.53. The molecule has 23 heavy (non-hydrogen) atoms. The molecule has 0 bridgehead atoms. The van der Waals surface area contributed by atoms with Gasteiger partial charge in [-0.05, 0) is 25.1 Å². The number of hydrogen-bond acceptors (Lipinski definition) is 5. The summed E-state index contributed by atoms with van der Waals surface area (Å²) in [5, 5.41) is 5.16. The van der Waals surface area contributed by atoms with Gasteiger partial charge < -0.3 is 9.80 Å². The van der Waals surface area contributed by atoms with Crippen LogP contribution in [0.4, 0.5) is 11.6 Å². The molecule has 0 radical (unpaired) electrons. The van der Waals surface area contributed by atoms with E-state index >= 15 is 0 Å². The summed E-state index contributed by atoms with van der Waals surface area (Å²) in [5.74, 6) is 1.85. The van der Waals surface area contributed by atoms with Gasteiger partial charge in [-0.2, -0.15) is 5.10 Å². The van der Waals surface area contributed by atoms with Gasteiger partial charge in [-0.3, -0.25) is 0 Å². The molecule has 0 unspecified atom stereocenters. The average Bonchev–Trinajstić information content (AvgIpc) is 2.96. The van der Waals surface area contributed by atoms with E-state index < -0.39 is 0 Å². The van der Waals surface area contributed by atoms with Crippen LogP contribution in [0.3, 0.4) is 0 Å². The van der Waals surface area contributed by atoms with Crippen molar-refractivity contribution in [2.75, 3.05) is 36.0 Å². The van der Waals surface area contributed by atoms with Crippen molar-refractivity contribution in [3.8, 4) is 0 Å². The third-order valence-corrected chi connectivity index (χ3v) is 4.40. The standard InChI is InChI=1S/C16H17ClN6/c1-12-11-14-16(19-5-6-23(14)20-12)22-9-7-21(8-10-22)15-13(17)3-2-4-18-15/h2-6,11H,7-10H2,1H3. The maximum atomic E-state index is 6.25. The largest absolute Gasteiger partial charge is 0.352 e. The Morgan fingerprint density at radius 1 is 1.00 bits per heavy atom. The predicted molar refractivity (Wildman–Crippen MR) is 91.4 cm³/mol. The van der Waals surface area contributed by atoms with Gasteiger partial charge >= 0.3 is 0 Å². The van der Waals surface area contributed by atoms with Crippen molar-refractivity contribution in [1.82, 2.24) is 19.6 Å². The molecule has 0 aromatic carbocycles. The number of aryl methyl sites for hydroxylation is 1. The van der Waals surface area contributed by atoms with Crippen molar-refractivity contribution in [3.05, 3.63) is 47.5 Å². The molecule has 0 N–H and O–H groups in total. The van der Waals surface area contributed by atoms with Crippen molar-refractivity contribution in [2.24, 2.45) is 0 Å². The smallest absolute Gasteiger partial charge is 0.154 e. The summed E-state index contributed by atoms with van der Waals surface area (Å²) in [6.07, 6.45) is 5.47. The highest BCUT2D eigenvalue weighted by molar-refractivity contribution is 6.32. The van der Waals surface area contributed by atoms with Crippen molar-refractivity contribution >= 4 is 28.8 Å². The van der Waals surface area contributed by atoms with E-state index in [-0.39, 0.29) is 0 Å². The van der Waals surface area contributed by atoms with Gasteiger partial charge in [-0.15, -0.1) is 0 Å². The fourth-order valence-electron chi connectivity index (χ4n) is 3.01. The minimum Gasteiger partial charge on any atom is -0.352 e. The van der Waals surface area contributed by atoms with Gasteiger partial charge in [0.1, 0.15) is 11.3 Å². The molecular formula is C16H17ClN6. The molecule has 4 rings (SSSR count). The summed E-state index contributed by atoms with van der Waals surface area (Å²) in [6, 6.07) is 5.81. The van der Waals surface area contributed by atoms with Gasteiger partial charge in [0.15, 0.2) is 5.82 Å². The number of piperazine rings is 1. The second-order valence-electron chi connectivity index (χ2n) is 5.65. The molecule has 1 aliphatic rings. The van der Waals surface area contributed by atoms with Crippen LogP contribution in [0.2, 0.25) is 5.02 Å². The van der Waals surface area contributed by atoms with E-state index in [1.807, 2.05) is 29.8 Å². The van der Waals surface area contributed by atoms with Crippen LogP contribution in [-0.2, 0) is 0 Å². The van der Waals surface area contributed by atoms with Gasteiger partial charge in [-0.1, -0.05) is 11.6 Å². The normalized spacial score (nSPS) is 15.4. The van der Waals surface area contributed by atoms with Crippen molar-refractivity contribution in [2.45, 2.75) is 6.92 Å². The molecule has 1 aliphatic heterocycles. The molecule has 0 atom stereocenters. The summed E-state index contributed by atoms with van der Waals surface area (Å²) in [6.45, 7) is 5.49. The zero-order chi connectivity index (χ0) is 15.8. The quantitative estimate of drug-likeness (QED) is 0.723. The van der Waals surface area contributed by atoms with Crippen molar-refractivity contribution < 1.29 is 0 Å². The minimum absolute atomic E-state index is 0.701. The van der Waals surface area contributed by atoms with Gasteiger partial charge in [0, 0.05) is 44.8 Å². The molecular weight excluding hydrogens is 312 g/mol. The first-order valence-electron chi connectivity index (χ1n) is 7.64. The van der Waals surface area contributed by atoms with Crippen molar-refractivity contribution in [1.29, 1.82) is 0 Å². The molecule has 3 aromatic heterocycles. The maximum absolute atomic E-state index is 6.25. The molecule has 0 amide bonds. The number of hydrogen-bond donors (Lipinski definition) is 0. The Hall–Kier alpha value is -2.34. The van der Waals surface area contributed by atoms with E-state index in [2.05, 4.69) is 30.9 Å². The lowest BCUT2D eigenvalue weighted by molar-refractivity contribution is 0.642. The van der Waals surface area contributed by atoms with Crippen LogP contribution in [0, 0.1) is 6.92 Å². The highest BCUT2D eigenvalue weighted by Crippen LogP contribution is 2.26. The van der Waals surface area contributed by atoms with Crippen molar-refractivity contribution in [3.63, 3.8) is 0 Å². The number of halogens is 1. The molecule has 6 nitrogen and oxygen atoms in total. The number of nitrogens with zero attached hydrogens (tertiary/aromatic N) is 6. The fraction of sp³-hybridized carbons (Fsp3) is 0.312. The summed E-state index contributed by atoms with van der Waals surface area (Å²) in [4.78, 5) is 13.5. The number of fused-ring (bicyclic) bond motifs is 1. The lowest BCUT2D eigenvalue weighted by atomic mass is 10.3. The number of anilines is 2. The first kappa shape index (κ1) is 14.3. The Morgan fingerprint density at radius 2 is 1.70 bits per heavy atom. The molecule has 118 valence electrons. The van der Waals surface area contributed by atoms with Gasteiger partial charge in [0.25, 0.3) is 0 Å². The number of aromatic nitrogens is 4. The monoisotopic (exact) mass is 328 g/mol. The SMILES string of the molecule is Cc1cc2c(N3CCN(c4ncccc4Cl)CC3)nccn2n1. The van der Waals surface area contributed by atoms with Crippen LogP contribution in [0.25, 0.3) is 5.52 Å². The van der Waals surface area contributed by atoms with E-state index in [1.54, 1.807) is 12.4 Å². The van der Waals surface area contributed by atoms with Crippen LogP contribution < -0.4 is 9.80 Å². The lowest BCUT2D eigenvalue weighted by Gasteiger charge is -2.36. The highest BCUT2D eigenvalue weighted by Gasteiger charge is 2.22. The van der Waals surface area contributed by atoms with Gasteiger partial charge in [-0.25, -0.2) is 14.5 Å². The minimum atomic E-state index is 0.701. The summed E-state index contributed by atoms with van der Waals surface area (Å²) < 4.78 is 1.89. The number of rotatable bonds is 2. The van der Waals surface area contributed by atoms with Gasteiger partial charge in [0.05, 0.1) is 10.7 Å². The Labute approximate surface area is 139 Å². The van der Waals surface area contributed by atoms with Crippen LogP contribution >= 0.6 is 11.6 Å². The first-order valence-corrected chi connectivity index (χ1v) is 8.01. The molecule has 3 aromatic rings. The van der Waals surface area contributed by atoms with Crippen LogP contribution in [0.15, 0.2) is 36.8 Å². The molecule has 1 fully saturated rings. The van der Waals surface area contributed by atoms with Crippen LogP contribution in [0.1, 0.15) is 5.69 Å². The maximum Gasteiger partial charge on any atom is 0.154 e. The highest BCUT2D eigenvalue weighted by atomic mass is 35.5. The second kappa shape index (κ2) is 5.70. The van der Waals surface area contributed by atoms with E-state index in [4.69, 9.17) is 11.6 Å². The first-order chi connectivity index (χ1) is 11.2. The van der Waals surface area contributed by atoms with E-state index in [1.165, 1.54) is 0 Å². The third-order valence-electron chi connectivity index (χ3n) is 4.11. The van der Waals surface area contributed by atoms with E-state index in [0.29, 0.717) is 5.02 Å². The average molecular weight is 329 g/mol. The number of pyridine rings is 1. The Morgan fingerprint density at radius 3 is 2.43 bits per heavy atom. The molecule has 7 heteroatoms. The summed E-state index contributed by atoms with van der Waals surface area (Å²) in [5.41, 5.74) is 2.05. The topological polar surface area (TPSA) is 49.6 Å².